The van der Waals surface area contributed by atoms with Crippen LogP contribution in [0.3, 0.4) is 0 Å². The van der Waals surface area contributed by atoms with E-state index < -0.39 is 0 Å². The van der Waals surface area contributed by atoms with E-state index in [1.54, 1.807) is 11.1 Å². The molecule has 0 N–H and O–H groups in total. The number of aryl methyl sites for hydroxylation is 1. The molecule has 2 aliphatic carbocycles. The van der Waals surface area contributed by atoms with Crippen LogP contribution in [0.2, 0.25) is 0 Å². The Hall–Kier alpha value is -1.46. The molecule has 1 saturated carbocycles. The molecule has 140 valence electrons. The second-order valence-corrected chi connectivity index (χ2v) is 8.57. The van der Waals surface area contributed by atoms with E-state index in [4.69, 9.17) is 0 Å². The largest absolute Gasteiger partial charge is 0.0649 e. The summed E-state index contributed by atoms with van der Waals surface area (Å²) in [6.45, 7) is 2.28. The minimum absolute atomic E-state index is 0. The molecule has 0 nitrogen and oxygen atoms in total. The fraction of sp³-hybridized carbons (Fsp3) is 0.333. The van der Waals surface area contributed by atoms with Crippen LogP contribution in [0.4, 0.5) is 0 Å². The van der Waals surface area contributed by atoms with Gasteiger partial charge in [-0.1, -0.05) is 92.3 Å². The van der Waals surface area contributed by atoms with Crippen LogP contribution >= 0.6 is 0 Å². The maximum absolute atomic E-state index is 2.53. The van der Waals surface area contributed by atoms with Crippen molar-refractivity contribution in [3.8, 4) is 11.1 Å². The van der Waals surface area contributed by atoms with E-state index in [1.807, 2.05) is 0 Å². The molecule has 0 radical (unpaired) electrons. The van der Waals surface area contributed by atoms with Gasteiger partial charge in [0.15, 0.2) is 0 Å². The summed E-state index contributed by atoms with van der Waals surface area (Å²) >= 11 is 0. The number of allylic oxidation sites excluding steroid dienone is 1. The van der Waals surface area contributed by atoms with Crippen molar-refractivity contribution >= 4 is 16.8 Å². The topological polar surface area (TPSA) is 0 Å². The van der Waals surface area contributed by atoms with Crippen LogP contribution in [0, 0.1) is 12.8 Å². The summed E-state index contributed by atoms with van der Waals surface area (Å²) in [5, 5.41) is 2.65. The second kappa shape index (κ2) is 8.50. The van der Waals surface area contributed by atoms with Crippen molar-refractivity contribution in [3.63, 3.8) is 0 Å². The number of rotatable bonds is 3. The third-order valence-electron chi connectivity index (χ3n) is 6.68. The van der Waals surface area contributed by atoms with Gasteiger partial charge in [0.25, 0.3) is 0 Å². The molecule has 0 spiro atoms. The van der Waals surface area contributed by atoms with E-state index in [9.17, 15) is 0 Å². The van der Waals surface area contributed by atoms with Crippen LogP contribution < -0.4 is 0 Å². The molecule has 0 aliphatic heterocycles. The summed E-state index contributed by atoms with van der Waals surface area (Å²) in [5.74, 6) is 0.920. The average Bonchev–Trinajstić information content (AvgIpc) is 3.13. The second-order valence-electron chi connectivity index (χ2n) is 8.57. The number of hydrogen-bond donors (Lipinski definition) is 0. The van der Waals surface area contributed by atoms with Crippen LogP contribution in [-0.4, -0.2) is 0 Å². The van der Waals surface area contributed by atoms with Crippen molar-refractivity contribution in [2.75, 3.05) is 0 Å². The van der Waals surface area contributed by atoms with Gasteiger partial charge in [-0.25, -0.2) is 0 Å². The van der Waals surface area contributed by atoms with Gasteiger partial charge in [-0.2, -0.15) is 0 Å². The zero-order valence-corrected chi connectivity index (χ0v) is 19.3. The first kappa shape index (κ1) is 19.8. The van der Waals surface area contributed by atoms with Gasteiger partial charge in [-0.15, -0.1) is 0 Å². The molecule has 0 aromatic heterocycles. The smallest absolute Gasteiger partial charge is 0 e. The molecule has 2 aliphatic rings. The van der Waals surface area contributed by atoms with Gasteiger partial charge in [-0.3, -0.25) is 0 Å². The molecule has 3 aromatic carbocycles. The molecular formula is C27H28Zr. The van der Waals surface area contributed by atoms with Crippen LogP contribution in [0.25, 0.3) is 28.0 Å². The van der Waals surface area contributed by atoms with Gasteiger partial charge in [0.05, 0.1) is 0 Å². The Kier molecular flexibility index (Phi) is 6.02. The first-order valence-electron chi connectivity index (χ1n) is 10.6. The van der Waals surface area contributed by atoms with Crippen molar-refractivity contribution in [2.24, 2.45) is 5.92 Å². The molecule has 0 unspecified atom stereocenters. The Bertz CT molecular complexity index is 1020. The predicted octanol–water partition coefficient (Wildman–Crippen LogP) is 7.72. The fourth-order valence-corrected chi connectivity index (χ4v) is 5.16. The minimum atomic E-state index is 0. The van der Waals surface area contributed by atoms with E-state index in [0.29, 0.717) is 0 Å². The van der Waals surface area contributed by atoms with Crippen LogP contribution in [-0.2, 0) is 32.6 Å². The summed E-state index contributed by atoms with van der Waals surface area (Å²) in [6.07, 6.45) is 12.2. The third kappa shape index (κ3) is 3.84. The van der Waals surface area contributed by atoms with Gasteiger partial charge in [0.2, 0.25) is 0 Å². The van der Waals surface area contributed by atoms with Gasteiger partial charge < -0.3 is 0 Å². The molecule has 0 amide bonds. The number of hydrogen-bond acceptors (Lipinski definition) is 0. The quantitative estimate of drug-likeness (QED) is 0.388. The zero-order valence-electron chi connectivity index (χ0n) is 16.8. The molecule has 3 aromatic rings. The van der Waals surface area contributed by atoms with Crippen LogP contribution in [0.15, 0.2) is 60.2 Å². The molecule has 0 saturated heterocycles. The van der Waals surface area contributed by atoms with E-state index in [2.05, 4.69) is 67.6 Å². The van der Waals surface area contributed by atoms with E-state index in [1.165, 1.54) is 78.0 Å². The van der Waals surface area contributed by atoms with Crippen molar-refractivity contribution in [1.82, 2.24) is 0 Å². The number of benzene rings is 3. The first-order valence-corrected chi connectivity index (χ1v) is 10.6. The Morgan fingerprint density at radius 3 is 2.46 bits per heavy atom. The molecule has 0 bridgehead atoms. The Morgan fingerprint density at radius 1 is 0.857 bits per heavy atom. The maximum Gasteiger partial charge on any atom is 0 e. The van der Waals surface area contributed by atoms with E-state index in [-0.39, 0.29) is 26.2 Å². The van der Waals surface area contributed by atoms with Crippen molar-refractivity contribution in [3.05, 3.63) is 76.9 Å². The van der Waals surface area contributed by atoms with E-state index in [0.717, 1.165) is 5.92 Å². The third-order valence-corrected chi connectivity index (χ3v) is 6.68. The fourth-order valence-electron chi connectivity index (χ4n) is 5.16. The maximum atomic E-state index is 2.53. The standard InChI is InChI=1S/C27H28.Zr/c1-19-11-14-25(24-13-12-22-9-5-6-10-23(22)18-24)27-17-21(16-26(19)27)15-20-7-3-2-4-8-20;/h5-6,9-14,17-18,20H,2-4,7-8,15-16H2,1H3;. The zero-order chi connectivity index (χ0) is 18.2. The summed E-state index contributed by atoms with van der Waals surface area (Å²) in [4.78, 5) is 0. The van der Waals surface area contributed by atoms with Gasteiger partial charge in [-0.05, 0) is 70.3 Å². The van der Waals surface area contributed by atoms with Gasteiger partial charge in [0.1, 0.15) is 0 Å². The first-order chi connectivity index (χ1) is 13.3. The summed E-state index contributed by atoms with van der Waals surface area (Å²) in [6, 6.07) is 20.2. The minimum Gasteiger partial charge on any atom is -0.0649 e. The molecule has 0 heterocycles. The van der Waals surface area contributed by atoms with Crippen LogP contribution in [0.1, 0.15) is 55.2 Å². The predicted molar refractivity (Wildman–Crippen MR) is 117 cm³/mol. The normalized spacial score (nSPS) is 16.5. The molecular weight excluding hydrogens is 416 g/mol. The van der Waals surface area contributed by atoms with E-state index >= 15 is 0 Å². The Labute approximate surface area is 188 Å². The summed E-state index contributed by atoms with van der Waals surface area (Å²) in [7, 11) is 0. The van der Waals surface area contributed by atoms with Gasteiger partial charge >= 0.3 is 0 Å². The molecule has 28 heavy (non-hydrogen) atoms. The van der Waals surface area contributed by atoms with Crippen molar-refractivity contribution in [2.45, 2.75) is 51.9 Å². The van der Waals surface area contributed by atoms with Gasteiger partial charge in [0, 0.05) is 26.2 Å². The molecule has 1 heteroatoms. The average molecular weight is 444 g/mol. The summed E-state index contributed by atoms with van der Waals surface area (Å²) < 4.78 is 0. The summed E-state index contributed by atoms with van der Waals surface area (Å²) in [5.41, 5.74) is 8.90. The molecule has 5 rings (SSSR count). The Balaban J connectivity index is 0.00000192. The van der Waals surface area contributed by atoms with Crippen molar-refractivity contribution in [1.29, 1.82) is 0 Å². The number of fused-ring (bicyclic) bond motifs is 2. The Morgan fingerprint density at radius 2 is 1.64 bits per heavy atom. The monoisotopic (exact) mass is 442 g/mol. The van der Waals surface area contributed by atoms with Crippen molar-refractivity contribution < 1.29 is 26.2 Å². The SMILES string of the molecule is Cc1ccc(-c2ccc3ccccc3c2)c2c1CC(CC1CCCCC1)=C2.[Zr]. The van der Waals surface area contributed by atoms with Crippen LogP contribution in [0.5, 0.6) is 0 Å². The molecule has 1 fully saturated rings. The molecule has 0 atom stereocenters.